The third kappa shape index (κ3) is 167. The van der Waals surface area contributed by atoms with E-state index in [4.69, 9.17) is 0 Å². The van der Waals surface area contributed by atoms with Crippen LogP contribution in [0.3, 0.4) is 0 Å². The minimum Gasteiger partial charge on any atom is -0.358 e. The topological polar surface area (TPSA) is 0 Å². The normalized spacial score (nSPS) is 0. The van der Waals surface area contributed by atoms with Gasteiger partial charge in [-0.1, -0.05) is 0 Å². The Bertz CT molecular complexity index is 6.49. The van der Waals surface area contributed by atoms with Crippen LogP contribution in [-0.2, 0) is 40.8 Å². The molecule has 0 spiro atoms. The Morgan fingerprint density at radius 2 is 0.375 bits per heavy atom. The van der Waals surface area contributed by atoms with Crippen LogP contribution in [0.1, 0.15) is 0 Å². The van der Waals surface area contributed by atoms with E-state index in [1.807, 2.05) is 0 Å². The SMILES string of the molecule is [CH3-].[CH3-].[CH3-].[CH3-].[CH3-].[CH3-].[Pd+2].[Pd]. The van der Waals surface area contributed by atoms with Gasteiger partial charge >= 0.3 is 20.4 Å². The van der Waals surface area contributed by atoms with E-state index < -0.39 is 0 Å². The van der Waals surface area contributed by atoms with Crippen molar-refractivity contribution in [2.24, 2.45) is 0 Å². The third-order valence-corrected chi connectivity index (χ3v) is 0. The predicted octanol–water partition coefficient (Wildman–Crippen LogP) is 2.70. The molecule has 8 heavy (non-hydrogen) atoms. The van der Waals surface area contributed by atoms with Crippen LogP contribution in [0, 0.1) is 44.6 Å². The Kier molecular flexibility index (Phi) is 11700. The van der Waals surface area contributed by atoms with Crippen LogP contribution < -0.4 is 0 Å². The van der Waals surface area contributed by atoms with Gasteiger partial charge in [-0.2, -0.15) is 0 Å². The van der Waals surface area contributed by atoms with E-state index in [0.717, 1.165) is 0 Å². The summed E-state index contributed by atoms with van der Waals surface area (Å²) in [6, 6.07) is 0. The molecule has 66 valence electrons. The molecular formula is C6H18Pd2-4. The first kappa shape index (κ1) is 368. The van der Waals surface area contributed by atoms with Crippen LogP contribution in [-0.4, -0.2) is 0 Å². The summed E-state index contributed by atoms with van der Waals surface area (Å²) < 4.78 is 0. The molecule has 0 unspecified atom stereocenters. The van der Waals surface area contributed by atoms with Crippen molar-refractivity contribution in [3.8, 4) is 0 Å². The van der Waals surface area contributed by atoms with Gasteiger partial charge in [-0.3, -0.25) is 0 Å². The zero-order valence-electron chi connectivity index (χ0n) is 6.63. The summed E-state index contributed by atoms with van der Waals surface area (Å²) >= 11 is 0. The maximum absolute atomic E-state index is 0. The second-order valence-electron chi connectivity index (χ2n) is 0. The standard InChI is InChI=1S/6CH3.2Pd/h6*1H3;;/q6*-1;;+2. The second-order valence-corrected chi connectivity index (χ2v) is 0. The average Bonchev–Trinajstić information content (AvgIpc) is 0. The molecule has 0 aromatic carbocycles. The zero-order chi connectivity index (χ0) is 0. The Labute approximate surface area is 85.2 Å². The van der Waals surface area contributed by atoms with Gasteiger partial charge in [0.1, 0.15) is 0 Å². The molecule has 0 aliphatic carbocycles. The summed E-state index contributed by atoms with van der Waals surface area (Å²) in [6.45, 7) is 0. The average molecular weight is 303 g/mol. The predicted molar refractivity (Wildman–Crippen MR) is 38.5 cm³/mol. The first-order chi connectivity index (χ1) is 0. The summed E-state index contributed by atoms with van der Waals surface area (Å²) in [4.78, 5) is 0. The van der Waals surface area contributed by atoms with E-state index in [-0.39, 0.29) is 85.4 Å². The molecule has 0 N–H and O–H groups in total. The van der Waals surface area contributed by atoms with Crippen molar-refractivity contribution >= 4 is 0 Å². The minimum absolute atomic E-state index is 0. The van der Waals surface area contributed by atoms with Crippen LogP contribution in [0.5, 0.6) is 0 Å². The van der Waals surface area contributed by atoms with E-state index in [2.05, 4.69) is 0 Å². The van der Waals surface area contributed by atoms with Crippen molar-refractivity contribution in [3.05, 3.63) is 44.6 Å². The van der Waals surface area contributed by atoms with Crippen molar-refractivity contribution in [1.29, 1.82) is 0 Å². The summed E-state index contributed by atoms with van der Waals surface area (Å²) in [5, 5.41) is 0. The number of hydrogen-bond donors (Lipinski definition) is 0. The van der Waals surface area contributed by atoms with Gasteiger partial charge in [0, 0.05) is 20.4 Å². The van der Waals surface area contributed by atoms with Crippen LogP contribution in [0.25, 0.3) is 0 Å². The molecule has 0 heterocycles. The Morgan fingerprint density at radius 3 is 0.375 bits per heavy atom. The molecule has 0 saturated heterocycles. The van der Waals surface area contributed by atoms with Crippen molar-refractivity contribution in [2.45, 2.75) is 0 Å². The molecule has 0 fully saturated rings. The molecule has 0 aromatic heterocycles. The first-order valence-corrected chi connectivity index (χ1v) is 0. The van der Waals surface area contributed by atoms with Crippen LogP contribution in [0.4, 0.5) is 0 Å². The van der Waals surface area contributed by atoms with E-state index in [1.165, 1.54) is 0 Å². The molecule has 0 aliphatic heterocycles. The maximum Gasteiger partial charge on any atom is 2.00 e. The molecule has 2 heteroatoms. The van der Waals surface area contributed by atoms with Crippen LogP contribution >= 0.6 is 0 Å². The summed E-state index contributed by atoms with van der Waals surface area (Å²) in [7, 11) is 0. The fourth-order valence-corrected chi connectivity index (χ4v) is 0. The van der Waals surface area contributed by atoms with Gasteiger partial charge in [0.15, 0.2) is 0 Å². The quantitative estimate of drug-likeness (QED) is 0.477. The fraction of sp³-hybridized carbons (Fsp3) is 0. The maximum atomic E-state index is 0. The van der Waals surface area contributed by atoms with Gasteiger partial charge in [0.2, 0.25) is 0 Å². The molecule has 0 aromatic rings. The molecule has 0 amide bonds. The van der Waals surface area contributed by atoms with E-state index in [1.54, 1.807) is 0 Å². The molecule has 0 saturated carbocycles. The van der Waals surface area contributed by atoms with Gasteiger partial charge in [0.25, 0.3) is 0 Å². The van der Waals surface area contributed by atoms with Crippen molar-refractivity contribution < 1.29 is 40.8 Å². The van der Waals surface area contributed by atoms with Crippen molar-refractivity contribution in [3.63, 3.8) is 0 Å². The van der Waals surface area contributed by atoms with E-state index >= 15 is 0 Å². The molecule has 0 bridgehead atoms. The molecule has 0 rings (SSSR count). The smallest absolute Gasteiger partial charge is 0.358 e. The molecule has 0 radical (unpaired) electrons. The molecular weight excluding hydrogens is 285 g/mol. The minimum atomic E-state index is 0. The van der Waals surface area contributed by atoms with Gasteiger partial charge in [-0.25, -0.2) is 0 Å². The first-order valence-electron chi connectivity index (χ1n) is 0. The summed E-state index contributed by atoms with van der Waals surface area (Å²) in [6.07, 6.45) is 0. The number of rotatable bonds is 0. The molecule has 0 aliphatic rings. The monoisotopic (exact) mass is 302 g/mol. The van der Waals surface area contributed by atoms with E-state index in [9.17, 15) is 0 Å². The van der Waals surface area contributed by atoms with Gasteiger partial charge in [-0.15, -0.1) is 0 Å². The zero-order valence-corrected chi connectivity index (χ0v) is 9.74. The van der Waals surface area contributed by atoms with Crippen LogP contribution in [0.15, 0.2) is 0 Å². The van der Waals surface area contributed by atoms with E-state index in [0.29, 0.717) is 0 Å². The second kappa shape index (κ2) is 255. The van der Waals surface area contributed by atoms with Crippen molar-refractivity contribution in [1.82, 2.24) is 0 Å². The fourth-order valence-electron chi connectivity index (χ4n) is 0. The van der Waals surface area contributed by atoms with Crippen LogP contribution in [0.2, 0.25) is 0 Å². The molecule has 0 atom stereocenters. The Hall–Kier alpha value is 1.32. The summed E-state index contributed by atoms with van der Waals surface area (Å²) in [5.74, 6) is 0. The Morgan fingerprint density at radius 1 is 0.375 bits per heavy atom. The van der Waals surface area contributed by atoms with Gasteiger partial charge in [-0.05, 0) is 0 Å². The van der Waals surface area contributed by atoms with Crippen molar-refractivity contribution in [2.75, 3.05) is 0 Å². The molecule has 0 nitrogen and oxygen atoms in total. The third-order valence-electron chi connectivity index (χ3n) is 0. The van der Waals surface area contributed by atoms with Gasteiger partial charge in [0.05, 0.1) is 0 Å². The number of hydrogen-bond acceptors (Lipinski definition) is 0. The van der Waals surface area contributed by atoms with Gasteiger partial charge < -0.3 is 44.6 Å². The summed E-state index contributed by atoms with van der Waals surface area (Å²) in [5.41, 5.74) is 0. The Balaban J connectivity index is 0. The largest absolute Gasteiger partial charge is 2.00 e.